The zero-order chi connectivity index (χ0) is 22.2. The molecule has 0 aliphatic rings. The van der Waals surface area contributed by atoms with Crippen LogP contribution in [-0.2, 0) is 4.79 Å². The molecule has 0 aromatic heterocycles. The summed E-state index contributed by atoms with van der Waals surface area (Å²) < 4.78 is 10.9. The average Bonchev–Trinajstić information content (AvgIpc) is 2.75. The summed E-state index contributed by atoms with van der Waals surface area (Å²) in [7, 11) is 0. The number of nitrogens with one attached hydrogen (secondary N) is 1. The van der Waals surface area contributed by atoms with Crippen LogP contribution in [0, 0.1) is 6.92 Å². The van der Waals surface area contributed by atoms with Gasteiger partial charge >= 0.3 is 5.97 Å². The topological polar surface area (TPSA) is 77.0 Å². The molecule has 6 nitrogen and oxygen atoms in total. The molecule has 0 saturated carbocycles. The number of amides is 1. The van der Waals surface area contributed by atoms with Crippen molar-refractivity contribution in [1.82, 2.24) is 5.43 Å². The van der Waals surface area contributed by atoms with Crippen LogP contribution in [0.5, 0.6) is 11.5 Å². The molecule has 0 heterocycles. The summed E-state index contributed by atoms with van der Waals surface area (Å²) in [5, 5.41) is 4.45. The number of carbonyl (C=O) groups excluding carboxylic acids is 2. The molecule has 0 spiro atoms. The van der Waals surface area contributed by atoms with Gasteiger partial charge in [-0.15, -0.1) is 0 Å². The van der Waals surface area contributed by atoms with E-state index in [4.69, 9.17) is 21.1 Å². The molecule has 3 aromatic carbocycles. The number of hydrogen-bond acceptors (Lipinski definition) is 5. The molecule has 0 bridgehead atoms. The van der Waals surface area contributed by atoms with Gasteiger partial charge in [-0.1, -0.05) is 35.4 Å². The van der Waals surface area contributed by atoms with E-state index >= 15 is 0 Å². The van der Waals surface area contributed by atoms with Crippen LogP contribution < -0.4 is 14.9 Å². The number of carbonyl (C=O) groups is 2. The van der Waals surface area contributed by atoms with Crippen molar-refractivity contribution in [2.75, 3.05) is 0 Å². The zero-order valence-corrected chi connectivity index (χ0v) is 17.8. The van der Waals surface area contributed by atoms with E-state index < -0.39 is 18.0 Å². The van der Waals surface area contributed by atoms with Gasteiger partial charge in [0.2, 0.25) is 0 Å². The molecular weight excluding hydrogens is 416 g/mol. The van der Waals surface area contributed by atoms with E-state index in [2.05, 4.69) is 10.5 Å². The molecule has 3 aromatic rings. The molecule has 3 rings (SSSR count). The van der Waals surface area contributed by atoms with Crippen LogP contribution in [0.2, 0.25) is 5.02 Å². The number of aryl methyl sites for hydroxylation is 1. The summed E-state index contributed by atoms with van der Waals surface area (Å²) in [5.74, 6) is 0.0763. The van der Waals surface area contributed by atoms with Crippen molar-refractivity contribution in [2.24, 2.45) is 5.10 Å². The Balaban J connectivity index is 1.50. The molecule has 1 amide bonds. The van der Waals surface area contributed by atoms with Gasteiger partial charge in [-0.05, 0) is 74.0 Å². The van der Waals surface area contributed by atoms with Crippen molar-refractivity contribution in [1.29, 1.82) is 0 Å². The van der Waals surface area contributed by atoms with Gasteiger partial charge in [-0.2, -0.15) is 5.10 Å². The van der Waals surface area contributed by atoms with Crippen LogP contribution >= 0.6 is 11.6 Å². The second-order valence-electron chi connectivity index (χ2n) is 6.78. The van der Waals surface area contributed by atoms with Crippen molar-refractivity contribution in [3.05, 3.63) is 94.5 Å². The zero-order valence-electron chi connectivity index (χ0n) is 17.0. The number of benzene rings is 3. The minimum absolute atomic E-state index is 0.403. The molecular formula is C24H21ClN2O4. The first-order chi connectivity index (χ1) is 14.9. The highest BCUT2D eigenvalue weighted by Gasteiger charge is 2.14. The van der Waals surface area contributed by atoms with Gasteiger partial charge in [0.25, 0.3) is 5.91 Å². The van der Waals surface area contributed by atoms with Crippen molar-refractivity contribution >= 4 is 29.7 Å². The first kappa shape index (κ1) is 22.1. The first-order valence-electron chi connectivity index (χ1n) is 9.55. The van der Waals surface area contributed by atoms with E-state index in [0.717, 1.165) is 11.1 Å². The monoisotopic (exact) mass is 436 g/mol. The molecule has 0 fully saturated rings. The number of esters is 1. The predicted molar refractivity (Wildman–Crippen MR) is 120 cm³/mol. The summed E-state index contributed by atoms with van der Waals surface area (Å²) >= 11 is 5.90. The second kappa shape index (κ2) is 10.4. The molecule has 1 unspecified atom stereocenters. The Hall–Kier alpha value is -3.64. The lowest BCUT2D eigenvalue weighted by Crippen LogP contribution is -2.33. The van der Waals surface area contributed by atoms with Gasteiger partial charge in [0.15, 0.2) is 6.10 Å². The number of nitrogens with zero attached hydrogens (tertiary/aromatic N) is 1. The molecule has 0 aliphatic carbocycles. The highest BCUT2D eigenvalue weighted by atomic mass is 35.5. The molecule has 158 valence electrons. The normalized spacial score (nSPS) is 11.7. The molecule has 1 atom stereocenters. The van der Waals surface area contributed by atoms with Crippen LogP contribution in [0.1, 0.15) is 28.4 Å². The SMILES string of the molecule is Cc1ccc(C(=O)Oc2ccc(C=NNC(=O)C(C)Oc3cccc(Cl)c3)cc2)cc1. The van der Waals surface area contributed by atoms with Crippen LogP contribution in [0.25, 0.3) is 0 Å². The lowest BCUT2D eigenvalue weighted by Gasteiger charge is -2.12. The van der Waals surface area contributed by atoms with Crippen molar-refractivity contribution in [2.45, 2.75) is 20.0 Å². The van der Waals surface area contributed by atoms with E-state index in [1.807, 2.05) is 19.1 Å². The molecule has 31 heavy (non-hydrogen) atoms. The Bertz CT molecular complexity index is 1080. The average molecular weight is 437 g/mol. The van der Waals surface area contributed by atoms with Crippen LogP contribution in [-0.4, -0.2) is 24.2 Å². The Morgan fingerprint density at radius 2 is 1.71 bits per heavy atom. The lowest BCUT2D eigenvalue weighted by molar-refractivity contribution is -0.127. The highest BCUT2D eigenvalue weighted by Crippen LogP contribution is 2.18. The molecule has 0 radical (unpaired) electrons. The summed E-state index contributed by atoms with van der Waals surface area (Å²) in [5.41, 5.74) is 4.69. The fraction of sp³-hybridized carbons (Fsp3) is 0.125. The Labute approximate surface area is 185 Å². The minimum Gasteiger partial charge on any atom is -0.481 e. The highest BCUT2D eigenvalue weighted by molar-refractivity contribution is 6.30. The lowest BCUT2D eigenvalue weighted by atomic mass is 10.1. The maximum Gasteiger partial charge on any atom is 0.343 e. The Morgan fingerprint density at radius 3 is 2.39 bits per heavy atom. The van der Waals surface area contributed by atoms with Gasteiger partial charge in [-0.25, -0.2) is 10.2 Å². The molecule has 0 saturated heterocycles. The Kier molecular flexibility index (Phi) is 7.40. The van der Waals surface area contributed by atoms with Gasteiger partial charge in [0.05, 0.1) is 11.8 Å². The standard InChI is InChI=1S/C24H21ClN2O4/c1-16-6-10-19(11-7-16)24(29)31-21-12-8-18(9-13-21)15-26-27-23(28)17(2)30-22-5-3-4-20(25)14-22/h3-15,17H,1-2H3,(H,27,28). The van der Waals surface area contributed by atoms with Gasteiger partial charge in [-0.3, -0.25) is 4.79 Å². The van der Waals surface area contributed by atoms with Gasteiger partial charge < -0.3 is 9.47 Å². The maximum atomic E-state index is 12.2. The third-order valence-corrected chi connectivity index (χ3v) is 4.48. The van der Waals surface area contributed by atoms with Crippen molar-refractivity contribution in [3.8, 4) is 11.5 Å². The summed E-state index contributed by atoms with van der Waals surface area (Å²) in [6.07, 6.45) is 0.731. The quantitative estimate of drug-likeness (QED) is 0.250. The van der Waals surface area contributed by atoms with Gasteiger partial charge in [0.1, 0.15) is 11.5 Å². The fourth-order valence-electron chi connectivity index (χ4n) is 2.54. The number of rotatable bonds is 7. The predicted octanol–water partition coefficient (Wildman–Crippen LogP) is 4.79. The summed E-state index contributed by atoms with van der Waals surface area (Å²) in [6.45, 7) is 3.56. The number of halogens is 1. The van der Waals surface area contributed by atoms with Crippen molar-refractivity contribution < 1.29 is 19.1 Å². The third kappa shape index (κ3) is 6.69. The van der Waals surface area contributed by atoms with E-state index in [1.54, 1.807) is 67.6 Å². The summed E-state index contributed by atoms with van der Waals surface area (Å²) in [6, 6.07) is 20.7. The maximum absolute atomic E-state index is 12.2. The Morgan fingerprint density at radius 1 is 1.00 bits per heavy atom. The molecule has 1 N–H and O–H groups in total. The van der Waals surface area contributed by atoms with E-state index in [0.29, 0.717) is 22.1 Å². The van der Waals surface area contributed by atoms with Gasteiger partial charge in [0, 0.05) is 5.02 Å². The van der Waals surface area contributed by atoms with E-state index in [9.17, 15) is 9.59 Å². The number of hydrazone groups is 1. The smallest absolute Gasteiger partial charge is 0.343 e. The fourth-order valence-corrected chi connectivity index (χ4v) is 2.72. The molecule has 7 heteroatoms. The van der Waals surface area contributed by atoms with Crippen LogP contribution in [0.15, 0.2) is 77.9 Å². The number of hydrogen-bond donors (Lipinski definition) is 1. The third-order valence-electron chi connectivity index (χ3n) is 4.24. The minimum atomic E-state index is -0.751. The van der Waals surface area contributed by atoms with E-state index in [1.165, 1.54) is 6.21 Å². The second-order valence-corrected chi connectivity index (χ2v) is 7.21. The van der Waals surface area contributed by atoms with Crippen LogP contribution in [0.4, 0.5) is 0 Å². The van der Waals surface area contributed by atoms with Crippen LogP contribution in [0.3, 0.4) is 0 Å². The van der Waals surface area contributed by atoms with E-state index in [-0.39, 0.29) is 0 Å². The largest absolute Gasteiger partial charge is 0.481 e. The first-order valence-corrected chi connectivity index (χ1v) is 9.92. The van der Waals surface area contributed by atoms with Crippen molar-refractivity contribution in [3.63, 3.8) is 0 Å². The molecule has 0 aliphatic heterocycles. The number of ether oxygens (including phenoxy) is 2. The summed E-state index contributed by atoms with van der Waals surface area (Å²) in [4.78, 5) is 24.3.